The Morgan fingerprint density at radius 1 is 1.21 bits per heavy atom. The van der Waals surface area contributed by atoms with Gasteiger partial charge >= 0.3 is 0 Å². The summed E-state index contributed by atoms with van der Waals surface area (Å²) in [4.78, 5) is 19.0. The Kier molecular flexibility index (Phi) is 7.71. The van der Waals surface area contributed by atoms with E-state index in [0.717, 1.165) is 47.1 Å². The standard InChI is InChI=1S/C26H32N4O2S2/c1-32-14-13-27-12-10-23(31)30-26-24(19-9-11-28-16-22(19)34-26)25-29-20-8-7-18(15-21(20)33-25)17-5-3-2-4-6-17/h5,7-8,15,27-28H,2-4,6,9-14,16H2,1H3,(H,30,31). The molecule has 3 N–H and O–H groups in total. The van der Waals surface area contributed by atoms with E-state index in [1.54, 1.807) is 29.8 Å². The fraction of sp³-hybridized carbons (Fsp3) is 0.462. The first-order valence-electron chi connectivity index (χ1n) is 12.2. The number of ether oxygens (including phenoxy) is 1. The minimum Gasteiger partial charge on any atom is -0.383 e. The highest BCUT2D eigenvalue weighted by molar-refractivity contribution is 7.23. The molecule has 180 valence electrons. The number of aromatic nitrogens is 1. The van der Waals surface area contributed by atoms with E-state index in [-0.39, 0.29) is 5.91 Å². The molecule has 0 unspecified atom stereocenters. The van der Waals surface area contributed by atoms with Gasteiger partial charge in [0.2, 0.25) is 5.91 Å². The second kappa shape index (κ2) is 11.1. The van der Waals surface area contributed by atoms with Crippen LogP contribution in [0.1, 0.15) is 48.1 Å². The molecular formula is C26H32N4O2S2. The second-order valence-corrected chi connectivity index (χ2v) is 11.0. The van der Waals surface area contributed by atoms with Gasteiger partial charge in [0.05, 0.1) is 16.8 Å². The van der Waals surface area contributed by atoms with Crippen LogP contribution < -0.4 is 16.0 Å². The van der Waals surface area contributed by atoms with Crippen LogP contribution in [-0.4, -0.2) is 44.2 Å². The Balaban J connectivity index is 1.41. The molecule has 0 saturated carbocycles. The lowest BCUT2D eigenvalue weighted by atomic mass is 9.94. The van der Waals surface area contributed by atoms with Crippen molar-refractivity contribution in [3.8, 4) is 10.6 Å². The van der Waals surface area contributed by atoms with Crippen molar-refractivity contribution in [1.82, 2.24) is 15.6 Å². The van der Waals surface area contributed by atoms with Gasteiger partial charge in [-0.1, -0.05) is 12.1 Å². The number of rotatable bonds is 9. The van der Waals surface area contributed by atoms with Gasteiger partial charge in [-0.3, -0.25) is 4.79 Å². The van der Waals surface area contributed by atoms with Gasteiger partial charge in [0.25, 0.3) is 0 Å². The fourth-order valence-electron chi connectivity index (χ4n) is 4.67. The van der Waals surface area contributed by atoms with Crippen LogP contribution in [0.4, 0.5) is 5.00 Å². The fourth-order valence-corrected chi connectivity index (χ4v) is 7.05. The zero-order valence-electron chi connectivity index (χ0n) is 19.7. The minimum atomic E-state index is 0.0327. The molecule has 0 saturated heterocycles. The van der Waals surface area contributed by atoms with Crippen molar-refractivity contribution >= 4 is 49.4 Å². The monoisotopic (exact) mass is 496 g/mol. The summed E-state index contributed by atoms with van der Waals surface area (Å²) >= 11 is 3.44. The first kappa shape index (κ1) is 23.6. The largest absolute Gasteiger partial charge is 0.383 e. The molecule has 0 atom stereocenters. The Morgan fingerprint density at radius 2 is 2.15 bits per heavy atom. The van der Waals surface area contributed by atoms with Crippen LogP contribution in [0.3, 0.4) is 0 Å². The molecule has 8 heteroatoms. The van der Waals surface area contributed by atoms with Gasteiger partial charge in [0.15, 0.2) is 0 Å². The predicted octanol–water partition coefficient (Wildman–Crippen LogP) is 5.19. The third kappa shape index (κ3) is 5.26. The number of thiazole rings is 1. The molecule has 34 heavy (non-hydrogen) atoms. The number of amides is 1. The molecule has 3 aromatic rings. The summed E-state index contributed by atoms with van der Waals surface area (Å²) in [7, 11) is 1.68. The summed E-state index contributed by atoms with van der Waals surface area (Å²) in [6, 6.07) is 6.68. The normalized spacial score (nSPS) is 15.9. The van der Waals surface area contributed by atoms with E-state index in [4.69, 9.17) is 9.72 Å². The molecule has 2 aromatic heterocycles. The van der Waals surface area contributed by atoms with Gasteiger partial charge in [-0.2, -0.15) is 0 Å². The van der Waals surface area contributed by atoms with Crippen molar-refractivity contribution < 1.29 is 9.53 Å². The van der Waals surface area contributed by atoms with Gasteiger partial charge in [-0.25, -0.2) is 4.98 Å². The van der Waals surface area contributed by atoms with E-state index >= 15 is 0 Å². The van der Waals surface area contributed by atoms with Crippen LogP contribution in [0, 0.1) is 0 Å². The van der Waals surface area contributed by atoms with Crippen LogP contribution in [0.15, 0.2) is 24.3 Å². The number of anilines is 1. The quantitative estimate of drug-likeness (QED) is 0.355. The van der Waals surface area contributed by atoms with Crippen molar-refractivity contribution in [3.63, 3.8) is 0 Å². The smallest absolute Gasteiger partial charge is 0.226 e. The number of carbonyl (C=O) groups is 1. The molecule has 0 fully saturated rings. The van der Waals surface area contributed by atoms with Crippen molar-refractivity contribution in [1.29, 1.82) is 0 Å². The predicted molar refractivity (Wildman–Crippen MR) is 143 cm³/mol. The molecule has 2 aliphatic rings. The number of hydrogen-bond donors (Lipinski definition) is 3. The van der Waals surface area contributed by atoms with Crippen molar-refractivity contribution in [2.24, 2.45) is 0 Å². The van der Waals surface area contributed by atoms with E-state index in [0.29, 0.717) is 19.6 Å². The number of thiophene rings is 1. The number of nitrogens with one attached hydrogen (secondary N) is 3. The van der Waals surface area contributed by atoms with Crippen LogP contribution in [0.5, 0.6) is 0 Å². The van der Waals surface area contributed by atoms with E-state index in [9.17, 15) is 4.79 Å². The summed E-state index contributed by atoms with van der Waals surface area (Å²) < 4.78 is 6.26. The lowest BCUT2D eigenvalue weighted by molar-refractivity contribution is -0.116. The number of nitrogens with zero attached hydrogens (tertiary/aromatic N) is 1. The summed E-state index contributed by atoms with van der Waals surface area (Å²) in [6.07, 6.45) is 8.71. The molecule has 1 amide bonds. The first-order chi connectivity index (χ1) is 16.7. The zero-order valence-corrected chi connectivity index (χ0v) is 21.3. The molecule has 3 heterocycles. The Morgan fingerprint density at radius 3 is 3.00 bits per heavy atom. The molecule has 6 nitrogen and oxygen atoms in total. The molecule has 5 rings (SSSR count). The zero-order chi connectivity index (χ0) is 23.3. The number of benzene rings is 1. The second-order valence-electron chi connectivity index (χ2n) is 8.85. The van der Waals surface area contributed by atoms with Gasteiger partial charge < -0.3 is 20.7 Å². The Labute approximate surface area is 208 Å². The lowest BCUT2D eigenvalue weighted by Gasteiger charge is -2.13. The Hall–Kier alpha value is -2.10. The first-order valence-corrected chi connectivity index (χ1v) is 13.8. The van der Waals surface area contributed by atoms with Gasteiger partial charge in [0, 0.05) is 43.6 Å². The highest BCUT2D eigenvalue weighted by Gasteiger charge is 2.25. The molecule has 1 aliphatic heterocycles. The lowest BCUT2D eigenvalue weighted by Crippen LogP contribution is -2.24. The van der Waals surface area contributed by atoms with Crippen LogP contribution in [-0.2, 0) is 22.5 Å². The number of hydrogen-bond acceptors (Lipinski definition) is 7. The van der Waals surface area contributed by atoms with Crippen molar-refractivity contribution in [2.75, 3.05) is 38.7 Å². The van der Waals surface area contributed by atoms with E-state index < -0.39 is 0 Å². The summed E-state index contributed by atoms with van der Waals surface area (Å²) in [5.41, 5.74) is 6.30. The van der Waals surface area contributed by atoms with Gasteiger partial charge in [0.1, 0.15) is 10.0 Å². The molecule has 0 bridgehead atoms. The topological polar surface area (TPSA) is 75.3 Å². The number of allylic oxidation sites excluding steroid dienone is 2. The van der Waals surface area contributed by atoms with Crippen LogP contribution >= 0.6 is 22.7 Å². The Bertz CT molecular complexity index is 1200. The summed E-state index contributed by atoms with van der Waals surface area (Å²) in [6.45, 7) is 3.84. The molecule has 1 aliphatic carbocycles. The minimum absolute atomic E-state index is 0.0327. The number of methoxy groups -OCH3 is 1. The molecular weight excluding hydrogens is 464 g/mol. The maximum absolute atomic E-state index is 12.7. The van der Waals surface area contributed by atoms with Gasteiger partial charge in [-0.15, -0.1) is 22.7 Å². The number of carbonyl (C=O) groups excluding carboxylic acids is 1. The van der Waals surface area contributed by atoms with Crippen LogP contribution in [0.25, 0.3) is 26.4 Å². The van der Waals surface area contributed by atoms with E-state index in [2.05, 4.69) is 40.2 Å². The highest BCUT2D eigenvalue weighted by atomic mass is 32.1. The summed E-state index contributed by atoms with van der Waals surface area (Å²) in [5, 5.41) is 11.9. The van der Waals surface area contributed by atoms with Crippen LogP contribution in [0.2, 0.25) is 0 Å². The summed E-state index contributed by atoms with van der Waals surface area (Å²) in [5.74, 6) is 0.0327. The van der Waals surface area contributed by atoms with Crippen molar-refractivity contribution in [3.05, 3.63) is 40.3 Å². The SMILES string of the molecule is COCCNCCC(=O)Nc1sc2c(c1-c1nc3ccc(C4=CCCCC4)cc3s1)CCNC2. The maximum atomic E-state index is 12.7. The molecule has 1 aromatic carbocycles. The highest BCUT2D eigenvalue weighted by Crippen LogP contribution is 2.45. The van der Waals surface area contributed by atoms with Gasteiger partial charge in [-0.05, 0) is 67.5 Å². The van der Waals surface area contributed by atoms with Crippen molar-refractivity contribution in [2.45, 2.75) is 45.1 Å². The maximum Gasteiger partial charge on any atom is 0.226 e. The van der Waals surface area contributed by atoms with E-state index in [1.807, 2.05) is 0 Å². The van der Waals surface area contributed by atoms with E-state index in [1.165, 1.54) is 52.0 Å². The average molecular weight is 497 g/mol. The molecule has 0 radical (unpaired) electrons. The third-order valence-electron chi connectivity index (χ3n) is 6.46. The third-order valence-corrected chi connectivity index (χ3v) is 8.64. The average Bonchev–Trinajstić information content (AvgIpc) is 3.44. The molecule has 0 spiro atoms. The number of fused-ring (bicyclic) bond motifs is 2.